The Kier molecular flexibility index (Phi) is 5.48. The summed E-state index contributed by atoms with van der Waals surface area (Å²) in [5.74, 6) is -1.38. The van der Waals surface area contributed by atoms with Gasteiger partial charge in [0.25, 0.3) is 0 Å². The number of carbonyl (C=O) groups excluding carboxylic acids is 1. The molecule has 0 radical (unpaired) electrons. The highest BCUT2D eigenvalue weighted by Gasteiger charge is 2.30. The highest BCUT2D eigenvalue weighted by molar-refractivity contribution is 5.91. The Morgan fingerprint density at radius 2 is 1.97 bits per heavy atom. The SMILES string of the molecule is O=C(Nc1nc(-c2ccc(F)cc2F)ccc1[N+](=O)[O-])N1CCC(c2ncccn2)C1. The van der Waals surface area contributed by atoms with Gasteiger partial charge < -0.3 is 4.90 Å². The molecule has 2 amide bonds. The van der Waals surface area contributed by atoms with Crippen LogP contribution in [-0.4, -0.2) is 43.9 Å². The lowest BCUT2D eigenvalue weighted by Crippen LogP contribution is -2.33. The number of likely N-dealkylation sites (tertiary alicyclic amines) is 1. The molecule has 3 aromatic rings. The van der Waals surface area contributed by atoms with Crippen molar-refractivity contribution >= 4 is 17.5 Å². The lowest BCUT2D eigenvalue weighted by Gasteiger charge is -2.17. The van der Waals surface area contributed by atoms with Gasteiger partial charge in [-0.05, 0) is 30.7 Å². The van der Waals surface area contributed by atoms with E-state index in [0.717, 1.165) is 12.1 Å². The van der Waals surface area contributed by atoms with E-state index in [4.69, 9.17) is 0 Å². The van der Waals surface area contributed by atoms with Gasteiger partial charge in [-0.1, -0.05) is 0 Å². The van der Waals surface area contributed by atoms with Gasteiger partial charge in [-0.25, -0.2) is 28.5 Å². The number of aromatic nitrogens is 3. The molecule has 1 aromatic carbocycles. The lowest BCUT2D eigenvalue weighted by atomic mass is 10.1. The van der Waals surface area contributed by atoms with E-state index in [1.165, 1.54) is 17.0 Å². The number of urea groups is 1. The average Bonchev–Trinajstić information content (AvgIpc) is 3.25. The van der Waals surface area contributed by atoms with Crippen LogP contribution in [0.3, 0.4) is 0 Å². The molecule has 9 nitrogen and oxygen atoms in total. The summed E-state index contributed by atoms with van der Waals surface area (Å²) >= 11 is 0. The first-order chi connectivity index (χ1) is 14.9. The third kappa shape index (κ3) is 4.29. The third-order valence-corrected chi connectivity index (χ3v) is 4.93. The van der Waals surface area contributed by atoms with Crippen molar-refractivity contribution in [3.05, 3.63) is 76.4 Å². The molecule has 0 saturated carbocycles. The topological polar surface area (TPSA) is 114 Å². The molecule has 158 valence electrons. The fraction of sp³-hybridized carbons (Fsp3) is 0.200. The maximum absolute atomic E-state index is 14.1. The Morgan fingerprint density at radius 1 is 1.19 bits per heavy atom. The highest BCUT2D eigenvalue weighted by Crippen LogP contribution is 2.30. The zero-order chi connectivity index (χ0) is 22.0. The largest absolute Gasteiger partial charge is 0.324 e. The van der Waals surface area contributed by atoms with E-state index in [2.05, 4.69) is 20.3 Å². The number of anilines is 1. The van der Waals surface area contributed by atoms with E-state index in [1.807, 2.05) is 0 Å². The summed E-state index contributed by atoms with van der Waals surface area (Å²) in [6.07, 6.45) is 3.89. The summed E-state index contributed by atoms with van der Waals surface area (Å²) in [6.45, 7) is 0.755. The van der Waals surface area contributed by atoms with Crippen LogP contribution in [0.4, 0.5) is 25.1 Å². The maximum Gasteiger partial charge on any atom is 0.323 e. The van der Waals surface area contributed by atoms with Crippen molar-refractivity contribution < 1.29 is 18.5 Å². The van der Waals surface area contributed by atoms with Crippen LogP contribution in [0.25, 0.3) is 11.3 Å². The van der Waals surface area contributed by atoms with Crippen LogP contribution in [0.2, 0.25) is 0 Å². The minimum Gasteiger partial charge on any atom is -0.324 e. The minimum absolute atomic E-state index is 0.0235. The van der Waals surface area contributed by atoms with Gasteiger partial charge >= 0.3 is 11.7 Å². The average molecular weight is 426 g/mol. The van der Waals surface area contributed by atoms with E-state index in [1.54, 1.807) is 18.5 Å². The number of halogens is 2. The molecule has 1 fully saturated rings. The smallest absolute Gasteiger partial charge is 0.323 e. The van der Waals surface area contributed by atoms with Crippen molar-refractivity contribution in [1.29, 1.82) is 0 Å². The number of hydrogen-bond donors (Lipinski definition) is 1. The van der Waals surface area contributed by atoms with Crippen LogP contribution >= 0.6 is 0 Å². The minimum atomic E-state index is -0.871. The number of hydrogen-bond acceptors (Lipinski definition) is 6. The molecule has 0 spiro atoms. The van der Waals surface area contributed by atoms with Crippen molar-refractivity contribution in [2.75, 3.05) is 18.4 Å². The molecule has 3 heterocycles. The van der Waals surface area contributed by atoms with Crippen LogP contribution in [0.15, 0.2) is 48.8 Å². The molecule has 4 rings (SSSR count). The predicted molar refractivity (Wildman–Crippen MR) is 106 cm³/mol. The zero-order valence-corrected chi connectivity index (χ0v) is 16.0. The Bertz CT molecular complexity index is 1150. The standard InChI is InChI=1S/C20H16F2N6O3/c21-13-2-3-14(15(22)10-13)16-4-5-17(28(30)31)19(25-16)26-20(29)27-9-6-12(11-27)18-23-7-1-8-24-18/h1-5,7-8,10,12H,6,9,11H2,(H,25,26,29). The molecule has 31 heavy (non-hydrogen) atoms. The van der Waals surface area contributed by atoms with E-state index in [-0.39, 0.29) is 23.0 Å². The lowest BCUT2D eigenvalue weighted by molar-refractivity contribution is -0.384. The van der Waals surface area contributed by atoms with E-state index in [9.17, 15) is 23.7 Å². The van der Waals surface area contributed by atoms with Gasteiger partial charge in [-0.3, -0.25) is 15.4 Å². The van der Waals surface area contributed by atoms with Gasteiger partial charge in [-0.15, -0.1) is 0 Å². The molecule has 2 aromatic heterocycles. The Balaban J connectivity index is 1.57. The first-order valence-electron chi connectivity index (χ1n) is 9.36. The number of nitrogens with one attached hydrogen (secondary N) is 1. The number of amides is 2. The van der Waals surface area contributed by atoms with Crippen LogP contribution < -0.4 is 5.32 Å². The van der Waals surface area contributed by atoms with Crippen LogP contribution in [0.1, 0.15) is 18.2 Å². The summed E-state index contributed by atoms with van der Waals surface area (Å²) in [7, 11) is 0. The first-order valence-corrected chi connectivity index (χ1v) is 9.36. The van der Waals surface area contributed by atoms with Crippen molar-refractivity contribution in [3.63, 3.8) is 0 Å². The summed E-state index contributed by atoms with van der Waals surface area (Å²) < 4.78 is 27.3. The monoisotopic (exact) mass is 426 g/mol. The van der Waals surface area contributed by atoms with Gasteiger partial charge in [0.05, 0.1) is 10.6 Å². The molecule has 1 aliphatic rings. The maximum atomic E-state index is 14.1. The number of rotatable bonds is 4. The fourth-order valence-corrected chi connectivity index (χ4v) is 3.40. The number of nitrogens with zero attached hydrogens (tertiary/aromatic N) is 5. The molecule has 1 atom stereocenters. The van der Waals surface area contributed by atoms with Gasteiger partial charge in [0.1, 0.15) is 17.5 Å². The van der Waals surface area contributed by atoms with E-state index >= 15 is 0 Å². The normalized spacial score (nSPS) is 15.7. The fourth-order valence-electron chi connectivity index (χ4n) is 3.40. The van der Waals surface area contributed by atoms with E-state index in [0.29, 0.717) is 31.4 Å². The molecule has 0 bridgehead atoms. The number of pyridine rings is 1. The molecule has 1 N–H and O–H groups in total. The number of carbonyl (C=O) groups is 1. The number of benzene rings is 1. The predicted octanol–water partition coefficient (Wildman–Crippen LogP) is 3.75. The molecule has 1 aliphatic heterocycles. The second kappa shape index (κ2) is 8.38. The van der Waals surface area contributed by atoms with Crippen LogP contribution in [0, 0.1) is 21.7 Å². The second-order valence-corrected chi connectivity index (χ2v) is 6.91. The summed E-state index contributed by atoms with van der Waals surface area (Å²) in [5.41, 5.74) is -0.466. The van der Waals surface area contributed by atoms with Gasteiger partial charge in [0, 0.05) is 49.1 Å². The molecule has 0 aliphatic carbocycles. The van der Waals surface area contributed by atoms with Gasteiger partial charge in [0.2, 0.25) is 5.82 Å². The quantitative estimate of drug-likeness (QED) is 0.502. The first kappa shape index (κ1) is 20.3. The Labute approximate surface area is 174 Å². The van der Waals surface area contributed by atoms with Crippen molar-refractivity contribution in [2.45, 2.75) is 12.3 Å². The summed E-state index contributed by atoms with van der Waals surface area (Å²) in [5, 5.41) is 13.8. The Hall–Kier alpha value is -4.02. The summed E-state index contributed by atoms with van der Waals surface area (Å²) in [6, 6.07) is 6.39. The molecular formula is C20H16F2N6O3. The number of nitro groups is 1. The summed E-state index contributed by atoms with van der Waals surface area (Å²) in [4.78, 5) is 37.3. The van der Waals surface area contributed by atoms with Crippen molar-refractivity contribution in [1.82, 2.24) is 19.9 Å². The van der Waals surface area contributed by atoms with Crippen molar-refractivity contribution in [3.8, 4) is 11.3 Å². The van der Waals surface area contributed by atoms with Gasteiger partial charge in [0.15, 0.2) is 0 Å². The zero-order valence-electron chi connectivity index (χ0n) is 16.0. The molecule has 1 unspecified atom stereocenters. The molecule has 1 saturated heterocycles. The van der Waals surface area contributed by atoms with Gasteiger partial charge in [-0.2, -0.15) is 0 Å². The third-order valence-electron chi connectivity index (χ3n) is 4.93. The van der Waals surface area contributed by atoms with Crippen LogP contribution in [0.5, 0.6) is 0 Å². The van der Waals surface area contributed by atoms with Crippen molar-refractivity contribution in [2.24, 2.45) is 0 Å². The van der Waals surface area contributed by atoms with Crippen LogP contribution in [-0.2, 0) is 0 Å². The molecular weight excluding hydrogens is 410 g/mol. The Morgan fingerprint density at radius 3 is 2.68 bits per heavy atom. The second-order valence-electron chi connectivity index (χ2n) is 6.91. The highest BCUT2D eigenvalue weighted by atomic mass is 19.1. The molecule has 11 heteroatoms. The van der Waals surface area contributed by atoms with E-state index < -0.39 is 28.3 Å².